The zero-order chi connectivity index (χ0) is 17.9. The van der Waals surface area contributed by atoms with Gasteiger partial charge < -0.3 is 9.64 Å². The lowest BCUT2D eigenvalue weighted by molar-refractivity contribution is 0.0989. The molecule has 0 aliphatic carbocycles. The minimum atomic E-state index is -3.60. The number of nitrogens with zero attached hydrogens (tertiary/aromatic N) is 1. The van der Waals surface area contributed by atoms with Gasteiger partial charge in [0.05, 0.1) is 11.5 Å². The van der Waals surface area contributed by atoms with Crippen LogP contribution in [0.5, 0.6) is 0 Å². The van der Waals surface area contributed by atoms with Gasteiger partial charge in [-0.3, -0.25) is 4.79 Å². The number of hydrogen-bond acceptors (Lipinski definition) is 4. The Labute approximate surface area is 147 Å². The fraction of sp³-hybridized carbons (Fsp3) is 0.278. The smallest absolute Gasteiger partial charge is 0.258 e. The van der Waals surface area contributed by atoms with E-state index in [2.05, 4.69) is 4.72 Å². The second kappa shape index (κ2) is 7.35. The molecule has 1 aliphatic rings. The molecule has 0 saturated heterocycles. The molecular weight excluding hydrogens is 340 g/mol. The second-order valence-corrected chi connectivity index (χ2v) is 7.52. The lowest BCUT2D eigenvalue weighted by Gasteiger charge is -2.17. The van der Waals surface area contributed by atoms with Crippen LogP contribution in [0, 0.1) is 0 Å². The van der Waals surface area contributed by atoms with Crippen molar-refractivity contribution >= 4 is 21.6 Å². The predicted octanol–water partition coefficient (Wildman–Crippen LogP) is 1.81. The number of nitrogens with one attached hydrogen (secondary N) is 1. The molecule has 0 aromatic heterocycles. The molecule has 0 fully saturated rings. The maximum absolute atomic E-state index is 12.7. The van der Waals surface area contributed by atoms with Crippen LogP contribution in [-0.4, -0.2) is 41.1 Å². The average Bonchev–Trinajstić information content (AvgIpc) is 3.05. The van der Waals surface area contributed by atoms with E-state index < -0.39 is 10.0 Å². The summed E-state index contributed by atoms with van der Waals surface area (Å²) in [5, 5.41) is 0. The van der Waals surface area contributed by atoms with Crippen molar-refractivity contribution in [1.29, 1.82) is 0 Å². The lowest BCUT2D eigenvalue weighted by atomic mass is 10.1. The Hall–Kier alpha value is -2.22. The third kappa shape index (κ3) is 3.73. The van der Waals surface area contributed by atoms with Crippen LogP contribution in [0.1, 0.15) is 15.9 Å². The summed E-state index contributed by atoms with van der Waals surface area (Å²) in [5.74, 6) is -0.124. The van der Waals surface area contributed by atoms with Gasteiger partial charge in [-0.2, -0.15) is 0 Å². The van der Waals surface area contributed by atoms with Crippen LogP contribution in [0.4, 0.5) is 5.69 Å². The van der Waals surface area contributed by atoms with Crippen LogP contribution < -0.4 is 9.62 Å². The quantitative estimate of drug-likeness (QED) is 0.797. The first-order chi connectivity index (χ1) is 12.0. The van der Waals surface area contributed by atoms with E-state index in [-0.39, 0.29) is 17.3 Å². The molecule has 0 unspecified atom stereocenters. The molecule has 1 N–H and O–H groups in total. The molecule has 0 saturated carbocycles. The van der Waals surface area contributed by atoms with E-state index in [0.29, 0.717) is 18.7 Å². The highest BCUT2D eigenvalue weighted by Gasteiger charge is 2.25. The topological polar surface area (TPSA) is 75.7 Å². The number of amides is 1. The third-order valence-corrected chi connectivity index (χ3v) is 5.62. The normalized spacial score (nSPS) is 13.7. The van der Waals surface area contributed by atoms with Crippen LogP contribution in [0.25, 0.3) is 0 Å². The maximum atomic E-state index is 12.7. The summed E-state index contributed by atoms with van der Waals surface area (Å²) in [6, 6.07) is 13.8. The summed E-state index contributed by atoms with van der Waals surface area (Å²) < 4.78 is 31.6. The number of carbonyl (C=O) groups is 1. The van der Waals surface area contributed by atoms with Crippen molar-refractivity contribution in [3.63, 3.8) is 0 Å². The van der Waals surface area contributed by atoms with Crippen LogP contribution in [0.2, 0.25) is 0 Å². The van der Waals surface area contributed by atoms with Crippen LogP contribution in [0.3, 0.4) is 0 Å². The highest BCUT2D eigenvalue weighted by atomic mass is 32.2. The molecule has 6 nitrogen and oxygen atoms in total. The Morgan fingerprint density at radius 1 is 1.16 bits per heavy atom. The summed E-state index contributed by atoms with van der Waals surface area (Å²) >= 11 is 0. The number of carbonyl (C=O) groups excluding carboxylic acids is 1. The monoisotopic (exact) mass is 360 g/mol. The molecule has 7 heteroatoms. The van der Waals surface area contributed by atoms with Gasteiger partial charge in [0.2, 0.25) is 10.0 Å². The zero-order valence-electron chi connectivity index (χ0n) is 13.9. The van der Waals surface area contributed by atoms with Gasteiger partial charge in [0, 0.05) is 31.5 Å². The molecule has 0 bridgehead atoms. The fourth-order valence-electron chi connectivity index (χ4n) is 2.84. The molecule has 1 aliphatic heterocycles. The number of hydrogen-bond donors (Lipinski definition) is 1. The number of ether oxygens (including phenoxy) is 1. The maximum Gasteiger partial charge on any atom is 0.258 e. The van der Waals surface area contributed by atoms with Crippen molar-refractivity contribution < 1.29 is 17.9 Å². The lowest BCUT2D eigenvalue weighted by Crippen LogP contribution is -2.29. The van der Waals surface area contributed by atoms with Crippen LogP contribution in [0.15, 0.2) is 53.4 Å². The molecule has 132 valence electrons. The molecule has 1 heterocycles. The molecule has 25 heavy (non-hydrogen) atoms. The highest BCUT2D eigenvalue weighted by molar-refractivity contribution is 7.89. The van der Waals surface area contributed by atoms with Gasteiger partial charge in [0.25, 0.3) is 5.91 Å². The van der Waals surface area contributed by atoms with E-state index in [0.717, 1.165) is 17.7 Å². The van der Waals surface area contributed by atoms with E-state index in [9.17, 15) is 13.2 Å². The van der Waals surface area contributed by atoms with E-state index in [1.807, 2.05) is 24.3 Å². The van der Waals surface area contributed by atoms with Crippen LogP contribution >= 0.6 is 0 Å². The molecule has 0 radical (unpaired) electrons. The molecule has 3 rings (SSSR count). The zero-order valence-corrected chi connectivity index (χ0v) is 14.8. The van der Waals surface area contributed by atoms with Gasteiger partial charge in [-0.1, -0.05) is 18.2 Å². The molecule has 1 amide bonds. The van der Waals surface area contributed by atoms with E-state index >= 15 is 0 Å². The first-order valence-electron chi connectivity index (χ1n) is 8.01. The largest absolute Gasteiger partial charge is 0.383 e. The number of sulfonamides is 1. The second-order valence-electron chi connectivity index (χ2n) is 5.75. The van der Waals surface area contributed by atoms with Crippen LogP contribution in [-0.2, 0) is 21.2 Å². The Morgan fingerprint density at radius 2 is 1.88 bits per heavy atom. The molecule has 2 aromatic carbocycles. The number of fused-ring (bicyclic) bond motifs is 1. The van der Waals surface area contributed by atoms with E-state index in [1.54, 1.807) is 17.0 Å². The standard InChI is InChI=1S/C18H20N2O4S/c1-24-13-11-19-25(22,23)16-8-6-15(7-9-16)18(21)20-12-10-14-4-2-3-5-17(14)20/h2-9,19H,10-13H2,1H3. The van der Waals surface area contributed by atoms with Crippen molar-refractivity contribution in [2.24, 2.45) is 0 Å². The summed E-state index contributed by atoms with van der Waals surface area (Å²) in [7, 11) is -2.09. The SMILES string of the molecule is COCCNS(=O)(=O)c1ccc(C(=O)N2CCc3ccccc32)cc1. The van der Waals surface area contributed by atoms with Gasteiger partial charge in [-0.25, -0.2) is 13.1 Å². The fourth-order valence-corrected chi connectivity index (χ4v) is 3.86. The molecule has 0 atom stereocenters. The third-order valence-electron chi connectivity index (χ3n) is 4.14. The summed E-state index contributed by atoms with van der Waals surface area (Å²) in [6.07, 6.45) is 0.831. The van der Waals surface area contributed by atoms with Crippen molar-refractivity contribution in [1.82, 2.24) is 4.72 Å². The number of benzene rings is 2. The number of rotatable bonds is 6. The van der Waals surface area contributed by atoms with Gasteiger partial charge >= 0.3 is 0 Å². The number of anilines is 1. The van der Waals surface area contributed by atoms with E-state index in [1.165, 1.54) is 19.2 Å². The molecule has 0 spiro atoms. The van der Waals surface area contributed by atoms with E-state index in [4.69, 9.17) is 4.74 Å². The molecular formula is C18H20N2O4S. The molecule has 2 aromatic rings. The Balaban J connectivity index is 1.76. The Kier molecular flexibility index (Phi) is 5.17. The van der Waals surface area contributed by atoms with Crippen molar-refractivity contribution in [2.45, 2.75) is 11.3 Å². The van der Waals surface area contributed by atoms with Gasteiger partial charge in [-0.05, 0) is 42.3 Å². The number of methoxy groups -OCH3 is 1. The van der Waals surface area contributed by atoms with Crippen molar-refractivity contribution in [3.05, 3.63) is 59.7 Å². The first-order valence-corrected chi connectivity index (χ1v) is 9.50. The summed E-state index contributed by atoms with van der Waals surface area (Å²) in [4.78, 5) is 14.6. The summed E-state index contributed by atoms with van der Waals surface area (Å²) in [5.41, 5.74) is 2.54. The number of para-hydroxylation sites is 1. The van der Waals surface area contributed by atoms with Gasteiger partial charge in [0.15, 0.2) is 0 Å². The Bertz CT molecular complexity index is 863. The minimum absolute atomic E-state index is 0.124. The van der Waals surface area contributed by atoms with Crippen molar-refractivity contribution in [3.8, 4) is 0 Å². The van der Waals surface area contributed by atoms with Crippen molar-refractivity contribution in [2.75, 3.05) is 31.7 Å². The summed E-state index contributed by atoms with van der Waals surface area (Å²) in [6.45, 7) is 1.13. The highest BCUT2D eigenvalue weighted by Crippen LogP contribution is 2.29. The minimum Gasteiger partial charge on any atom is -0.383 e. The predicted molar refractivity (Wildman–Crippen MR) is 95.3 cm³/mol. The van der Waals surface area contributed by atoms with Gasteiger partial charge in [-0.15, -0.1) is 0 Å². The Morgan fingerprint density at radius 3 is 2.60 bits per heavy atom. The van der Waals surface area contributed by atoms with Gasteiger partial charge in [0.1, 0.15) is 0 Å². The average molecular weight is 360 g/mol. The first kappa shape index (κ1) is 17.6.